The van der Waals surface area contributed by atoms with Gasteiger partial charge in [0.25, 0.3) is 15.9 Å². The normalized spacial score (nSPS) is 30.7. The molecule has 1 saturated heterocycles. The predicted molar refractivity (Wildman–Crippen MR) is 197 cm³/mol. The van der Waals surface area contributed by atoms with Crippen LogP contribution >= 0.6 is 0 Å². The van der Waals surface area contributed by atoms with E-state index >= 15 is 0 Å². The van der Waals surface area contributed by atoms with Crippen LogP contribution in [-0.2, 0) is 35.6 Å². The summed E-state index contributed by atoms with van der Waals surface area (Å²) in [6.07, 6.45) is 0.561. The number of aryl methyl sites for hydroxylation is 1. The summed E-state index contributed by atoms with van der Waals surface area (Å²) in [5.41, 5.74) is -1.47. The molecule has 2 bridgehead atoms. The second-order valence-electron chi connectivity index (χ2n) is 16.7. The molecule has 18 heteroatoms. The molecule has 5 aliphatic rings. The Hall–Kier alpha value is -4.61. The minimum Gasteiger partial charge on any atom is -0.497 e. The standard InChI is InChI=1S/C38H48F2N6O9S/c1-19-28-18-46(29(19)32(47)44-38(17-23(38)31(39)40)35(49)45-56(51,52)22-12-13-22)34(48)30(37(2,3)4)43-36(50)55-27-15-20(27)9-7-6-8-10-25-33(54-28)42-26-16-21(53-5)11-14-24(26)41-25/h11-12,14,16,19-20,23,27-31H,6-10,13,15,17-18H2,1-5H3,(H,43,50)(H,44,47)(H,45,49)/t19-,20-,23+,27-,28+,29+,30-,38-/m1/s1. The van der Waals surface area contributed by atoms with Gasteiger partial charge in [-0.1, -0.05) is 46.6 Å². The first-order valence-electron chi connectivity index (χ1n) is 19.1. The zero-order valence-corrected chi connectivity index (χ0v) is 32.8. The second kappa shape index (κ2) is 14.7. The summed E-state index contributed by atoms with van der Waals surface area (Å²) in [5.74, 6) is -4.49. The Morgan fingerprint density at radius 2 is 1.84 bits per heavy atom. The summed E-state index contributed by atoms with van der Waals surface area (Å²) in [5, 5.41) is 5.17. The number of alkyl halides is 2. The molecular formula is C38H48F2N6O9S. The molecule has 3 N–H and O–H groups in total. The number of benzene rings is 1. The number of nitrogens with one attached hydrogen (secondary N) is 3. The van der Waals surface area contributed by atoms with E-state index in [0.29, 0.717) is 35.3 Å². The maximum atomic E-state index is 14.7. The monoisotopic (exact) mass is 802 g/mol. The van der Waals surface area contributed by atoms with Crippen molar-refractivity contribution in [1.82, 2.24) is 30.2 Å². The fraction of sp³-hybridized carbons (Fsp3) is 0.632. The molecular weight excluding hydrogens is 755 g/mol. The summed E-state index contributed by atoms with van der Waals surface area (Å²) < 4.78 is 73.2. The van der Waals surface area contributed by atoms with Gasteiger partial charge in [0.2, 0.25) is 24.1 Å². The number of carbonyl (C=O) groups is 4. The molecule has 2 aliphatic heterocycles. The Balaban J connectivity index is 1.25. The maximum absolute atomic E-state index is 14.7. The number of allylic oxidation sites excluding steroid dienone is 2. The molecule has 56 heavy (non-hydrogen) atoms. The van der Waals surface area contributed by atoms with Crippen LogP contribution in [0.1, 0.15) is 78.3 Å². The van der Waals surface area contributed by atoms with Gasteiger partial charge in [-0.15, -0.1) is 0 Å². The lowest BCUT2D eigenvalue weighted by Gasteiger charge is -2.36. The number of alkyl carbamates (subject to hydrolysis) is 1. The maximum Gasteiger partial charge on any atom is 0.408 e. The number of hydrogen-bond acceptors (Lipinski definition) is 11. The first kappa shape index (κ1) is 39.6. The average molecular weight is 803 g/mol. The molecule has 3 heterocycles. The molecule has 304 valence electrons. The van der Waals surface area contributed by atoms with Gasteiger partial charge in [-0.3, -0.25) is 14.4 Å². The van der Waals surface area contributed by atoms with Crippen LogP contribution < -0.4 is 24.8 Å². The molecule has 7 rings (SSSR count). The van der Waals surface area contributed by atoms with Crippen LogP contribution in [0.3, 0.4) is 0 Å². The third-order valence-electron chi connectivity index (χ3n) is 11.5. The van der Waals surface area contributed by atoms with Crippen molar-refractivity contribution in [1.29, 1.82) is 0 Å². The van der Waals surface area contributed by atoms with Gasteiger partial charge in [-0.2, -0.15) is 0 Å². The molecule has 8 atom stereocenters. The van der Waals surface area contributed by atoms with Crippen LogP contribution in [0, 0.1) is 23.2 Å². The van der Waals surface area contributed by atoms with Crippen molar-refractivity contribution >= 4 is 44.9 Å². The van der Waals surface area contributed by atoms with E-state index in [4.69, 9.17) is 24.2 Å². The van der Waals surface area contributed by atoms with E-state index in [1.54, 1.807) is 45.9 Å². The predicted octanol–water partition coefficient (Wildman–Crippen LogP) is 3.75. The highest BCUT2D eigenvalue weighted by atomic mass is 32.2. The number of fused-ring (bicyclic) bond motifs is 5. The fourth-order valence-corrected chi connectivity index (χ4v) is 8.91. The average Bonchev–Trinajstić information content (AvgIpc) is 4.03. The smallest absolute Gasteiger partial charge is 0.408 e. The highest BCUT2D eigenvalue weighted by Gasteiger charge is 2.67. The van der Waals surface area contributed by atoms with E-state index in [-0.39, 0.29) is 35.8 Å². The number of halogens is 2. The van der Waals surface area contributed by atoms with Gasteiger partial charge in [-0.25, -0.2) is 36.7 Å². The number of aromatic nitrogens is 2. The molecule has 4 amide bonds. The Labute approximate surface area is 323 Å². The lowest BCUT2D eigenvalue weighted by molar-refractivity contribution is -0.143. The van der Waals surface area contributed by atoms with Crippen LogP contribution in [0.4, 0.5) is 13.6 Å². The molecule has 0 spiro atoms. The summed E-state index contributed by atoms with van der Waals surface area (Å²) >= 11 is 0. The Kier molecular flexibility index (Phi) is 10.4. The summed E-state index contributed by atoms with van der Waals surface area (Å²) in [4.78, 5) is 66.7. The second-order valence-corrected chi connectivity index (χ2v) is 18.4. The SMILES string of the molecule is COc1ccc2nc3c(nc2c1)O[C@H]1CN(C(=O)[C@H](C(C)(C)C)NC(=O)O[C@@H]2C[C@H]2CCCCC3)[C@H](C(=O)N[C@]2(C(=O)NS(=O)(=O)C3=CC3)C[C@H]2C(F)F)[C@@H]1C. The van der Waals surface area contributed by atoms with E-state index in [1.807, 2.05) is 4.72 Å². The lowest BCUT2D eigenvalue weighted by atomic mass is 9.85. The molecule has 0 radical (unpaired) electrons. The van der Waals surface area contributed by atoms with Crippen LogP contribution in [0.5, 0.6) is 11.6 Å². The lowest BCUT2D eigenvalue weighted by Crippen LogP contribution is -2.61. The number of rotatable bonds is 7. The Morgan fingerprint density at radius 1 is 1.09 bits per heavy atom. The van der Waals surface area contributed by atoms with Gasteiger partial charge in [-0.05, 0) is 55.6 Å². The topological polar surface area (TPSA) is 195 Å². The Morgan fingerprint density at radius 3 is 2.50 bits per heavy atom. The molecule has 1 aromatic heterocycles. The molecule has 2 saturated carbocycles. The van der Waals surface area contributed by atoms with Crippen molar-refractivity contribution in [2.24, 2.45) is 23.2 Å². The third kappa shape index (κ3) is 7.98. The summed E-state index contributed by atoms with van der Waals surface area (Å²) in [7, 11) is -2.75. The number of methoxy groups -OCH3 is 1. The Bertz CT molecular complexity index is 2080. The van der Waals surface area contributed by atoms with Gasteiger partial charge in [0, 0.05) is 18.4 Å². The first-order chi connectivity index (χ1) is 26.4. The highest BCUT2D eigenvalue weighted by Crippen LogP contribution is 2.49. The van der Waals surface area contributed by atoms with Crippen LogP contribution in [0.2, 0.25) is 0 Å². The van der Waals surface area contributed by atoms with Crippen molar-refractivity contribution in [3.8, 4) is 11.6 Å². The van der Waals surface area contributed by atoms with Crippen molar-refractivity contribution in [2.45, 2.75) is 115 Å². The van der Waals surface area contributed by atoms with E-state index < -0.39 is 87.7 Å². The number of hydrogen-bond donors (Lipinski definition) is 3. The fourth-order valence-electron chi connectivity index (χ4n) is 7.83. The third-order valence-corrected chi connectivity index (χ3v) is 13.0. The van der Waals surface area contributed by atoms with Crippen molar-refractivity contribution < 1.29 is 50.6 Å². The highest BCUT2D eigenvalue weighted by molar-refractivity contribution is 7.94. The molecule has 3 aliphatic carbocycles. The quantitative estimate of drug-likeness (QED) is 0.369. The summed E-state index contributed by atoms with van der Waals surface area (Å²) in [6.45, 7) is 6.67. The van der Waals surface area contributed by atoms with Crippen molar-refractivity contribution in [3.05, 3.63) is 34.9 Å². The summed E-state index contributed by atoms with van der Waals surface area (Å²) in [6, 6.07) is 2.67. The number of sulfonamides is 1. The molecule has 1 aromatic carbocycles. The number of ether oxygens (including phenoxy) is 3. The van der Waals surface area contributed by atoms with Gasteiger partial charge in [0.15, 0.2) is 0 Å². The minimum atomic E-state index is -4.28. The van der Waals surface area contributed by atoms with E-state index in [1.165, 1.54) is 18.1 Å². The van der Waals surface area contributed by atoms with Gasteiger partial charge in [0.1, 0.15) is 41.3 Å². The van der Waals surface area contributed by atoms with Crippen LogP contribution in [0.25, 0.3) is 11.0 Å². The zero-order chi connectivity index (χ0) is 40.3. The minimum absolute atomic E-state index is 0.0598. The zero-order valence-electron chi connectivity index (χ0n) is 32.0. The molecule has 2 aromatic rings. The molecule has 15 nitrogen and oxygen atoms in total. The van der Waals surface area contributed by atoms with E-state index in [2.05, 4.69) is 10.6 Å². The number of amides is 4. The number of nitrogens with zero attached hydrogens (tertiary/aromatic N) is 3. The van der Waals surface area contributed by atoms with E-state index in [0.717, 1.165) is 25.7 Å². The molecule has 3 fully saturated rings. The van der Waals surface area contributed by atoms with Crippen molar-refractivity contribution in [2.75, 3.05) is 13.7 Å². The largest absolute Gasteiger partial charge is 0.497 e. The van der Waals surface area contributed by atoms with Gasteiger partial charge >= 0.3 is 6.09 Å². The van der Waals surface area contributed by atoms with E-state index in [9.17, 15) is 36.4 Å². The van der Waals surface area contributed by atoms with Gasteiger partial charge < -0.3 is 29.7 Å². The van der Waals surface area contributed by atoms with Gasteiger partial charge in [0.05, 0.1) is 35.5 Å². The first-order valence-corrected chi connectivity index (χ1v) is 20.6. The van der Waals surface area contributed by atoms with Crippen molar-refractivity contribution in [3.63, 3.8) is 0 Å². The van der Waals surface area contributed by atoms with Crippen LogP contribution in [-0.4, -0.2) is 97.0 Å². The number of carbonyl (C=O) groups excluding carboxylic acids is 4. The molecule has 0 unspecified atom stereocenters. The van der Waals surface area contributed by atoms with Crippen LogP contribution in [0.15, 0.2) is 29.2 Å².